The second-order valence-electron chi connectivity index (χ2n) is 6.60. The van der Waals surface area contributed by atoms with Crippen molar-refractivity contribution >= 4 is 9.84 Å². The fraction of sp³-hybridized carbons (Fsp3) is 0.647. The summed E-state index contributed by atoms with van der Waals surface area (Å²) in [4.78, 5) is 7.31. The third-order valence-electron chi connectivity index (χ3n) is 4.88. The number of hydrogen-bond donors (Lipinski definition) is 0. The molecule has 1 aromatic carbocycles. The molecule has 0 N–H and O–H groups in total. The molecule has 2 aliphatic rings. The number of rotatable bonds is 5. The maximum atomic E-state index is 11.4. The van der Waals surface area contributed by atoms with Crippen LogP contribution in [0.25, 0.3) is 0 Å². The molecule has 0 atom stereocenters. The minimum atomic E-state index is -2.76. The quantitative estimate of drug-likeness (QED) is 0.784. The minimum absolute atomic E-state index is 0.331. The molecule has 1 aromatic rings. The topological polar surface area (TPSA) is 43.9 Å². The molecule has 0 spiro atoms. The summed E-state index contributed by atoms with van der Waals surface area (Å²) in [5.74, 6) is 0.662. The summed E-state index contributed by atoms with van der Waals surface area (Å²) >= 11 is 0. The SMILES string of the molecule is O=S1(=O)CCN(CCN2CCN(Cc3ccccc3)CC2)CC1. The molecule has 128 valence electrons. The highest BCUT2D eigenvalue weighted by Crippen LogP contribution is 2.09. The lowest BCUT2D eigenvalue weighted by atomic mass is 10.2. The fourth-order valence-electron chi connectivity index (χ4n) is 3.27. The van der Waals surface area contributed by atoms with Crippen molar-refractivity contribution in [3.8, 4) is 0 Å². The maximum Gasteiger partial charge on any atom is 0.152 e. The monoisotopic (exact) mass is 337 g/mol. The van der Waals surface area contributed by atoms with E-state index < -0.39 is 9.84 Å². The Morgan fingerprint density at radius 3 is 1.87 bits per heavy atom. The highest BCUT2D eigenvalue weighted by Gasteiger charge is 2.22. The predicted octanol–water partition coefficient (Wildman–Crippen LogP) is 0.535. The molecule has 23 heavy (non-hydrogen) atoms. The first-order valence-corrected chi connectivity index (χ1v) is 10.3. The normalized spacial score (nSPS) is 23.8. The minimum Gasteiger partial charge on any atom is -0.300 e. The Balaban J connectivity index is 1.35. The molecule has 3 rings (SSSR count). The van der Waals surface area contributed by atoms with E-state index in [4.69, 9.17) is 0 Å². The first-order chi connectivity index (χ1) is 11.1. The first kappa shape index (κ1) is 16.9. The lowest BCUT2D eigenvalue weighted by Gasteiger charge is -2.36. The molecule has 0 radical (unpaired) electrons. The second kappa shape index (κ2) is 7.75. The Morgan fingerprint density at radius 2 is 1.26 bits per heavy atom. The Kier molecular flexibility index (Phi) is 5.69. The van der Waals surface area contributed by atoms with Crippen molar-refractivity contribution in [2.24, 2.45) is 0 Å². The highest BCUT2D eigenvalue weighted by molar-refractivity contribution is 7.91. The molecule has 2 fully saturated rings. The number of sulfone groups is 1. The van der Waals surface area contributed by atoms with Gasteiger partial charge in [-0.25, -0.2) is 8.42 Å². The molecule has 2 aliphatic heterocycles. The second-order valence-corrected chi connectivity index (χ2v) is 8.90. The van der Waals surface area contributed by atoms with E-state index in [9.17, 15) is 8.42 Å². The van der Waals surface area contributed by atoms with Gasteiger partial charge in [-0.05, 0) is 5.56 Å². The van der Waals surface area contributed by atoms with Crippen LogP contribution in [0.2, 0.25) is 0 Å². The smallest absolute Gasteiger partial charge is 0.152 e. The molecule has 0 bridgehead atoms. The van der Waals surface area contributed by atoms with Gasteiger partial charge in [-0.2, -0.15) is 0 Å². The predicted molar refractivity (Wildman–Crippen MR) is 93.3 cm³/mol. The van der Waals surface area contributed by atoms with Crippen LogP contribution in [0.1, 0.15) is 5.56 Å². The highest BCUT2D eigenvalue weighted by atomic mass is 32.2. The van der Waals surface area contributed by atoms with Gasteiger partial charge in [0.05, 0.1) is 11.5 Å². The summed E-state index contributed by atoms with van der Waals surface area (Å²) in [6.45, 7) is 8.95. The van der Waals surface area contributed by atoms with E-state index in [2.05, 4.69) is 45.0 Å². The maximum absolute atomic E-state index is 11.4. The molecule has 0 amide bonds. The third kappa shape index (κ3) is 5.28. The summed E-state index contributed by atoms with van der Waals surface area (Å²) in [7, 11) is -2.76. The molecule has 0 unspecified atom stereocenters. The van der Waals surface area contributed by atoms with Gasteiger partial charge in [-0.15, -0.1) is 0 Å². The zero-order valence-corrected chi connectivity index (χ0v) is 14.5. The lowest BCUT2D eigenvalue weighted by molar-refractivity contribution is 0.115. The summed E-state index contributed by atoms with van der Waals surface area (Å²) < 4.78 is 22.9. The number of nitrogens with zero attached hydrogens (tertiary/aromatic N) is 3. The van der Waals surface area contributed by atoms with Crippen LogP contribution in [0.5, 0.6) is 0 Å². The van der Waals surface area contributed by atoms with Gasteiger partial charge in [0.1, 0.15) is 0 Å². The average molecular weight is 337 g/mol. The molecule has 5 nitrogen and oxygen atoms in total. The Hall–Kier alpha value is -0.950. The van der Waals surface area contributed by atoms with E-state index in [1.807, 2.05) is 0 Å². The van der Waals surface area contributed by atoms with Crippen LogP contribution >= 0.6 is 0 Å². The lowest BCUT2D eigenvalue weighted by Crippen LogP contribution is -2.49. The fourth-order valence-corrected chi connectivity index (χ4v) is 4.55. The molecule has 0 aliphatic carbocycles. The third-order valence-corrected chi connectivity index (χ3v) is 6.49. The largest absolute Gasteiger partial charge is 0.300 e. The van der Waals surface area contributed by atoms with E-state index in [0.29, 0.717) is 24.6 Å². The van der Waals surface area contributed by atoms with Crippen LogP contribution in [0.15, 0.2) is 30.3 Å². The van der Waals surface area contributed by atoms with Crippen LogP contribution < -0.4 is 0 Å². The van der Waals surface area contributed by atoms with Crippen molar-refractivity contribution in [3.63, 3.8) is 0 Å². The van der Waals surface area contributed by atoms with Gasteiger partial charge in [0.15, 0.2) is 9.84 Å². The Morgan fingerprint density at radius 1 is 0.739 bits per heavy atom. The average Bonchev–Trinajstić information content (AvgIpc) is 2.56. The standard InChI is InChI=1S/C17H27N3O2S/c21-23(22)14-12-19(13-15-23)7-6-18-8-10-20(11-9-18)16-17-4-2-1-3-5-17/h1-5H,6-16H2. The van der Waals surface area contributed by atoms with Gasteiger partial charge in [-0.3, -0.25) is 9.80 Å². The van der Waals surface area contributed by atoms with Gasteiger partial charge in [-0.1, -0.05) is 30.3 Å². The van der Waals surface area contributed by atoms with Crippen LogP contribution in [0.4, 0.5) is 0 Å². The van der Waals surface area contributed by atoms with Crippen molar-refractivity contribution in [3.05, 3.63) is 35.9 Å². The molecule has 2 heterocycles. The van der Waals surface area contributed by atoms with E-state index in [1.165, 1.54) is 5.56 Å². The summed E-state index contributed by atoms with van der Waals surface area (Å²) in [6, 6.07) is 10.6. The zero-order chi connectivity index (χ0) is 16.1. The van der Waals surface area contributed by atoms with Crippen molar-refractivity contribution in [2.45, 2.75) is 6.54 Å². The van der Waals surface area contributed by atoms with E-state index in [-0.39, 0.29) is 0 Å². The summed E-state index contributed by atoms with van der Waals surface area (Å²) in [5.41, 5.74) is 1.38. The molecular formula is C17H27N3O2S. The number of benzene rings is 1. The van der Waals surface area contributed by atoms with E-state index in [0.717, 1.165) is 45.8 Å². The van der Waals surface area contributed by atoms with Crippen LogP contribution in [-0.4, -0.2) is 87.0 Å². The van der Waals surface area contributed by atoms with E-state index in [1.54, 1.807) is 0 Å². The molecule has 0 saturated carbocycles. The number of piperazine rings is 1. The summed E-state index contributed by atoms with van der Waals surface area (Å²) in [5, 5.41) is 0. The van der Waals surface area contributed by atoms with Gasteiger partial charge < -0.3 is 4.90 Å². The van der Waals surface area contributed by atoms with Crippen LogP contribution in [0.3, 0.4) is 0 Å². The number of hydrogen-bond acceptors (Lipinski definition) is 5. The van der Waals surface area contributed by atoms with Crippen molar-refractivity contribution in [1.82, 2.24) is 14.7 Å². The van der Waals surface area contributed by atoms with Gasteiger partial charge in [0.2, 0.25) is 0 Å². The van der Waals surface area contributed by atoms with Gasteiger partial charge in [0, 0.05) is 58.9 Å². The van der Waals surface area contributed by atoms with Crippen molar-refractivity contribution in [2.75, 3.05) is 63.9 Å². The van der Waals surface area contributed by atoms with Gasteiger partial charge >= 0.3 is 0 Å². The van der Waals surface area contributed by atoms with Gasteiger partial charge in [0.25, 0.3) is 0 Å². The van der Waals surface area contributed by atoms with E-state index >= 15 is 0 Å². The molecule has 6 heteroatoms. The summed E-state index contributed by atoms with van der Waals surface area (Å²) in [6.07, 6.45) is 0. The van der Waals surface area contributed by atoms with Crippen molar-refractivity contribution in [1.29, 1.82) is 0 Å². The van der Waals surface area contributed by atoms with Crippen LogP contribution in [0, 0.1) is 0 Å². The van der Waals surface area contributed by atoms with Crippen LogP contribution in [-0.2, 0) is 16.4 Å². The molecule has 0 aromatic heterocycles. The van der Waals surface area contributed by atoms with Crippen molar-refractivity contribution < 1.29 is 8.42 Å². The Bertz CT molecular complexity index is 569. The zero-order valence-electron chi connectivity index (χ0n) is 13.7. The molecular weight excluding hydrogens is 310 g/mol. The molecule has 2 saturated heterocycles. The Labute approximate surface area is 139 Å². The first-order valence-electron chi connectivity index (χ1n) is 8.52.